The van der Waals surface area contributed by atoms with Gasteiger partial charge in [0.25, 0.3) is 0 Å². The van der Waals surface area contributed by atoms with Crippen LogP contribution in [0.15, 0.2) is 23.2 Å². The third-order valence-electron chi connectivity index (χ3n) is 3.37. The average molecular weight is 261 g/mol. The summed E-state index contributed by atoms with van der Waals surface area (Å²) in [4.78, 5) is 6.93. The third kappa shape index (κ3) is 2.51. The molecule has 0 bridgehead atoms. The summed E-state index contributed by atoms with van der Waals surface area (Å²) < 4.78 is 11.5. The van der Waals surface area contributed by atoms with Crippen LogP contribution in [0, 0.1) is 0 Å². The monoisotopic (exact) mass is 261 g/mol. The zero-order valence-corrected chi connectivity index (χ0v) is 11.3. The topological polar surface area (TPSA) is 60.1 Å². The molecule has 5 heteroatoms. The lowest BCUT2D eigenvalue weighted by atomic mass is 10.2. The zero-order chi connectivity index (χ0) is 13.4. The van der Waals surface area contributed by atoms with E-state index < -0.39 is 0 Å². The smallest absolute Gasteiger partial charge is 0.147 e. The van der Waals surface area contributed by atoms with Gasteiger partial charge in [0.2, 0.25) is 0 Å². The van der Waals surface area contributed by atoms with Crippen LogP contribution < -0.4 is 10.5 Å². The SMILES string of the molecule is CC1CN(C2=Nc3ccc(N)cc3OC2)CC(C)O1. The quantitative estimate of drug-likeness (QED) is 0.723. The van der Waals surface area contributed by atoms with Gasteiger partial charge in [-0.25, -0.2) is 4.99 Å². The molecule has 19 heavy (non-hydrogen) atoms. The number of anilines is 1. The van der Waals surface area contributed by atoms with Gasteiger partial charge in [-0.2, -0.15) is 0 Å². The Hall–Kier alpha value is -1.75. The van der Waals surface area contributed by atoms with Crippen molar-refractivity contribution < 1.29 is 9.47 Å². The second-order valence-corrected chi connectivity index (χ2v) is 5.21. The fraction of sp³-hybridized carbons (Fsp3) is 0.500. The molecule has 1 aromatic rings. The molecule has 0 amide bonds. The lowest BCUT2D eigenvalue weighted by molar-refractivity contribution is -0.0490. The highest BCUT2D eigenvalue weighted by Gasteiger charge is 2.26. The first-order valence-corrected chi connectivity index (χ1v) is 6.62. The van der Waals surface area contributed by atoms with E-state index in [-0.39, 0.29) is 12.2 Å². The molecular formula is C14H19N3O2. The normalized spacial score (nSPS) is 26.4. The number of rotatable bonds is 0. The molecule has 1 fully saturated rings. The Morgan fingerprint density at radius 1 is 1.26 bits per heavy atom. The van der Waals surface area contributed by atoms with Crippen LogP contribution in [0.1, 0.15) is 13.8 Å². The number of benzene rings is 1. The van der Waals surface area contributed by atoms with E-state index in [0.29, 0.717) is 12.3 Å². The Labute approximate surface area is 113 Å². The highest BCUT2D eigenvalue weighted by Crippen LogP contribution is 2.33. The number of nitrogens with zero attached hydrogens (tertiary/aromatic N) is 2. The second kappa shape index (κ2) is 4.74. The first-order chi connectivity index (χ1) is 9.11. The minimum Gasteiger partial charge on any atom is -0.483 e. The Bertz CT molecular complexity index is 505. The van der Waals surface area contributed by atoms with Crippen molar-refractivity contribution in [3.05, 3.63) is 18.2 Å². The molecule has 2 unspecified atom stereocenters. The van der Waals surface area contributed by atoms with Crippen molar-refractivity contribution in [1.29, 1.82) is 0 Å². The van der Waals surface area contributed by atoms with Crippen molar-refractivity contribution in [3.8, 4) is 5.75 Å². The maximum absolute atomic E-state index is 5.75. The molecule has 1 aromatic carbocycles. The third-order valence-corrected chi connectivity index (χ3v) is 3.37. The Balaban J connectivity index is 1.84. The van der Waals surface area contributed by atoms with Crippen molar-refractivity contribution >= 4 is 17.2 Å². The highest BCUT2D eigenvalue weighted by atomic mass is 16.5. The molecule has 0 radical (unpaired) electrons. The van der Waals surface area contributed by atoms with Gasteiger partial charge in [0.1, 0.15) is 23.9 Å². The highest BCUT2D eigenvalue weighted by molar-refractivity contribution is 5.89. The van der Waals surface area contributed by atoms with Crippen LogP contribution in [-0.4, -0.2) is 42.6 Å². The molecule has 0 saturated carbocycles. The summed E-state index contributed by atoms with van der Waals surface area (Å²) in [6, 6.07) is 5.57. The molecule has 0 aromatic heterocycles. The summed E-state index contributed by atoms with van der Waals surface area (Å²) in [5.74, 6) is 1.73. The van der Waals surface area contributed by atoms with Crippen LogP contribution in [-0.2, 0) is 4.74 Å². The molecule has 2 aliphatic rings. The predicted octanol–water partition coefficient (Wildman–Crippen LogP) is 1.80. The first kappa shape index (κ1) is 12.3. The van der Waals surface area contributed by atoms with Gasteiger partial charge >= 0.3 is 0 Å². The molecule has 2 heterocycles. The molecule has 2 aliphatic heterocycles. The van der Waals surface area contributed by atoms with Gasteiger partial charge in [0.15, 0.2) is 0 Å². The fourth-order valence-corrected chi connectivity index (χ4v) is 2.60. The van der Waals surface area contributed by atoms with Gasteiger partial charge in [-0.15, -0.1) is 0 Å². The van der Waals surface area contributed by atoms with Gasteiger partial charge in [-0.3, -0.25) is 0 Å². The van der Waals surface area contributed by atoms with Crippen molar-refractivity contribution in [2.75, 3.05) is 25.4 Å². The average Bonchev–Trinajstić information content (AvgIpc) is 2.37. The summed E-state index contributed by atoms with van der Waals surface area (Å²) in [7, 11) is 0. The van der Waals surface area contributed by atoms with Crippen LogP contribution in [0.5, 0.6) is 5.75 Å². The number of morpholine rings is 1. The van der Waals surface area contributed by atoms with Crippen LogP contribution in [0.25, 0.3) is 0 Å². The molecule has 1 saturated heterocycles. The molecule has 0 spiro atoms. The predicted molar refractivity (Wildman–Crippen MR) is 75.0 cm³/mol. The van der Waals surface area contributed by atoms with Gasteiger partial charge < -0.3 is 20.1 Å². The molecule has 102 valence electrons. The zero-order valence-electron chi connectivity index (χ0n) is 11.3. The molecule has 3 rings (SSSR count). The largest absolute Gasteiger partial charge is 0.483 e. The maximum atomic E-state index is 5.75. The van der Waals surface area contributed by atoms with E-state index in [1.165, 1.54) is 0 Å². The number of fused-ring (bicyclic) bond motifs is 1. The van der Waals surface area contributed by atoms with Crippen LogP contribution in [0.3, 0.4) is 0 Å². The van der Waals surface area contributed by atoms with Crippen LogP contribution in [0.2, 0.25) is 0 Å². The Kier molecular flexibility index (Phi) is 3.06. The van der Waals surface area contributed by atoms with Crippen LogP contribution in [0.4, 0.5) is 11.4 Å². The lowest BCUT2D eigenvalue weighted by Gasteiger charge is -2.38. The summed E-state index contributed by atoms with van der Waals surface area (Å²) >= 11 is 0. The van der Waals surface area contributed by atoms with Crippen LogP contribution >= 0.6 is 0 Å². The maximum Gasteiger partial charge on any atom is 0.147 e. The van der Waals surface area contributed by atoms with E-state index in [4.69, 9.17) is 15.2 Å². The second-order valence-electron chi connectivity index (χ2n) is 5.21. The summed E-state index contributed by atoms with van der Waals surface area (Å²) in [6.07, 6.45) is 0.443. The van der Waals surface area contributed by atoms with E-state index in [0.717, 1.165) is 30.4 Å². The Morgan fingerprint density at radius 3 is 2.74 bits per heavy atom. The number of hydrogen-bond donors (Lipinski definition) is 1. The van der Waals surface area contributed by atoms with Crippen molar-refractivity contribution in [2.45, 2.75) is 26.1 Å². The molecular weight excluding hydrogens is 242 g/mol. The number of aliphatic imine (C=N–C) groups is 1. The number of amidine groups is 1. The molecule has 0 aliphatic carbocycles. The van der Waals surface area contributed by atoms with Crippen molar-refractivity contribution in [2.24, 2.45) is 4.99 Å². The summed E-state index contributed by atoms with van der Waals surface area (Å²) in [6.45, 7) is 6.38. The number of nitrogen functional groups attached to an aromatic ring is 1. The molecule has 2 atom stereocenters. The molecule has 2 N–H and O–H groups in total. The van der Waals surface area contributed by atoms with Gasteiger partial charge in [0, 0.05) is 24.8 Å². The van der Waals surface area contributed by atoms with E-state index in [1.807, 2.05) is 18.2 Å². The summed E-state index contributed by atoms with van der Waals surface area (Å²) in [5.41, 5.74) is 7.29. The van der Waals surface area contributed by atoms with Gasteiger partial charge in [-0.1, -0.05) is 0 Å². The fourth-order valence-electron chi connectivity index (χ4n) is 2.60. The van der Waals surface area contributed by atoms with Crippen molar-refractivity contribution in [1.82, 2.24) is 4.90 Å². The number of ether oxygens (including phenoxy) is 2. The van der Waals surface area contributed by atoms with Gasteiger partial charge in [0.05, 0.1) is 12.2 Å². The van der Waals surface area contributed by atoms with E-state index in [2.05, 4.69) is 23.7 Å². The summed E-state index contributed by atoms with van der Waals surface area (Å²) in [5, 5.41) is 0. The molecule has 5 nitrogen and oxygen atoms in total. The minimum atomic E-state index is 0.222. The van der Waals surface area contributed by atoms with E-state index in [9.17, 15) is 0 Å². The first-order valence-electron chi connectivity index (χ1n) is 6.62. The van der Waals surface area contributed by atoms with Crippen molar-refractivity contribution in [3.63, 3.8) is 0 Å². The number of hydrogen-bond acceptors (Lipinski definition) is 5. The minimum absolute atomic E-state index is 0.222. The number of nitrogens with two attached hydrogens (primary N) is 1. The standard InChI is InChI=1S/C14H19N3O2/c1-9-6-17(7-10(2)19-9)14-8-18-13-5-11(15)3-4-12(13)16-14/h3-5,9-10H,6-8,15H2,1-2H3. The van der Waals surface area contributed by atoms with Gasteiger partial charge in [-0.05, 0) is 26.0 Å². The Morgan fingerprint density at radius 2 is 2.00 bits per heavy atom. The lowest BCUT2D eigenvalue weighted by Crippen LogP contribution is -2.50. The van der Waals surface area contributed by atoms with E-state index >= 15 is 0 Å². The van der Waals surface area contributed by atoms with E-state index in [1.54, 1.807) is 0 Å².